The van der Waals surface area contributed by atoms with Gasteiger partial charge in [0.15, 0.2) is 0 Å². The molecule has 1 aliphatic rings. The van der Waals surface area contributed by atoms with Gasteiger partial charge < -0.3 is 9.72 Å². The zero-order valence-electron chi connectivity index (χ0n) is 15.2. The molecule has 8 heteroatoms. The number of sulfone groups is 1. The first kappa shape index (κ1) is 21.0. The molecular formula is C20H22Cl2N2O3S. The van der Waals surface area contributed by atoms with Crippen molar-refractivity contribution in [2.24, 2.45) is 0 Å². The van der Waals surface area contributed by atoms with Crippen LogP contribution >= 0.6 is 24.0 Å². The number of likely N-dealkylation sites (tertiary alicyclic amines) is 1. The second kappa shape index (κ2) is 8.74. The van der Waals surface area contributed by atoms with Gasteiger partial charge in [0.25, 0.3) is 0 Å². The van der Waals surface area contributed by atoms with Crippen molar-refractivity contribution in [3.8, 4) is 5.75 Å². The molecule has 28 heavy (non-hydrogen) atoms. The lowest BCUT2D eigenvalue weighted by Gasteiger charge is -2.15. The monoisotopic (exact) mass is 440 g/mol. The van der Waals surface area contributed by atoms with E-state index >= 15 is 0 Å². The van der Waals surface area contributed by atoms with Crippen molar-refractivity contribution >= 4 is 44.7 Å². The first-order valence-electron chi connectivity index (χ1n) is 9.01. The van der Waals surface area contributed by atoms with Gasteiger partial charge in [-0.2, -0.15) is 0 Å². The Kier molecular flexibility index (Phi) is 6.55. The normalized spacial score (nSPS) is 14.9. The zero-order valence-corrected chi connectivity index (χ0v) is 17.6. The number of rotatable bonds is 6. The van der Waals surface area contributed by atoms with Gasteiger partial charge in [0.2, 0.25) is 9.84 Å². The summed E-state index contributed by atoms with van der Waals surface area (Å²) in [5, 5.41) is 1.01. The first-order chi connectivity index (χ1) is 13.1. The minimum Gasteiger partial charge on any atom is -0.490 e. The van der Waals surface area contributed by atoms with E-state index in [9.17, 15) is 8.42 Å². The molecular weight excluding hydrogens is 419 g/mol. The van der Waals surface area contributed by atoms with Crippen LogP contribution < -0.4 is 4.74 Å². The van der Waals surface area contributed by atoms with Gasteiger partial charge in [-0.15, -0.1) is 12.4 Å². The lowest BCUT2D eigenvalue weighted by atomic mass is 10.2. The number of fused-ring (bicyclic) bond motifs is 1. The highest BCUT2D eigenvalue weighted by molar-refractivity contribution is 7.91. The van der Waals surface area contributed by atoms with Gasteiger partial charge in [-0.1, -0.05) is 29.8 Å². The molecule has 0 saturated carbocycles. The molecule has 4 rings (SSSR count). The van der Waals surface area contributed by atoms with Crippen LogP contribution in [0.2, 0.25) is 5.02 Å². The Balaban J connectivity index is 0.00000225. The van der Waals surface area contributed by atoms with Crippen LogP contribution in [0.4, 0.5) is 0 Å². The molecule has 150 valence electrons. The van der Waals surface area contributed by atoms with E-state index < -0.39 is 9.84 Å². The number of aromatic nitrogens is 1. The third kappa shape index (κ3) is 4.15. The Morgan fingerprint density at radius 1 is 1.11 bits per heavy atom. The average Bonchev–Trinajstić information content (AvgIpc) is 3.32. The van der Waals surface area contributed by atoms with E-state index in [0.29, 0.717) is 28.3 Å². The smallest absolute Gasteiger partial charge is 0.208 e. The first-order valence-corrected chi connectivity index (χ1v) is 10.9. The molecule has 1 N–H and O–H groups in total. The van der Waals surface area contributed by atoms with E-state index in [1.54, 1.807) is 24.3 Å². The van der Waals surface area contributed by atoms with Crippen LogP contribution in [0.1, 0.15) is 12.8 Å². The number of aromatic amines is 1. The van der Waals surface area contributed by atoms with Crippen molar-refractivity contribution in [2.45, 2.75) is 22.6 Å². The van der Waals surface area contributed by atoms with Crippen LogP contribution in [-0.2, 0) is 9.84 Å². The molecule has 0 atom stereocenters. The van der Waals surface area contributed by atoms with Crippen LogP contribution in [0.25, 0.3) is 10.9 Å². The summed E-state index contributed by atoms with van der Waals surface area (Å²) in [6, 6.07) is 11.8. The summed E-state index contributed by atoms with van der Waals surface area (Å²) in [6.45, 7) is 3.70. The van der Waals surface area contributed by atoms with Gasteiger partial charge in [0.1, 0.15) is 12.4 Å². The van der Waals surface area contributed by atoms with Crippen LogP contribution in [0.3, 0.4) is 0 Å². The average molecular weight is 441 g/mol. The van der Waals surface area contributed by atoms with Crippen LogP contribution in [-0.4, -0.2) is 44.5 Å². The minimum absolute atomic E-state index is 0. The van der Waals surface area contributed by atoms with Gasteiger partial charge in [-0.05, 0) is 50.2 Å². The Labute approximate surface area is 176 Å². The number of nitrogens with one attached hydrogen (secondary N) is 1. The molecule has 5 nitrogen and oxygen atoms in total. The Hall–Kier alpha value is -1.73. The topological polar surface area (TPSA) is 62.4 Å². The fourth-order valence-electron chi connectivity index (χ4n) is 3.50. The second-order valence-corrected chi connectivity index (χ2v) is 9.04. The SMILES string of the molecule is Cl.O=S(=O)(c1cccc(Cl)c1)c1c[nH]c2c(OCCN3CCCC3)cccc12. The number of para-hydroxylation sites is 1. The number of hydrogen-bond donors (Lipinski definition) is 1. The summed E-state index contributed by atoms with van der Waals surface area (Å²) in [5.74, 6) is 0.666. The largest absolute Gasteiger partial charge is 0.490 e. The summed E-state index contributed by atoms with van der Waals surface area (Å²) in [6.07, 6.45) is 4.02. The Morgan fingerprint density at radius 3 is 2.61 bits per heavy atom. The van der Waals surface area contributed by atoms with Crippen molar-refractivity contribution in [3.05, 3.63) is 53.7 Å². The highest BCUT2D eigenvalue weighted by Gasteiger charge is 2.23. The summed E-state index contributed by atoms with van der Waals surface area (Å²) in [5.41, 5.74) is 0.694. The predicted molar refractivity (Wildman–Crippen MR) is 114 cm³/mol. The maximum absolute atomic E-state index is 13.0. The van der Waals surface area contributed by atoms with Crippen LogP contribution in [0, 0.1) is 0 Å². The minimum atomic E-state index is -3.67. The molecule has 0 bridgehead atoms. The quantitative estimate of drug-likeness (QED) is 0.610. The molecule has 0 radical (unpaired) electrons. The summed E-state index contributed by atoms with van der Waals surface area (Å²) >= 11 is 5.97. The number of nitrogens with zero attached hydrogens (tertiary/aromatic N) is 1. The molecule has 2 aromatic carbocycles. The lowest BCUT2D eigenvalue weighted by Crippen LogP contribution is -2.25. The van der Waals surface area contributed by atoms with Crippen LogP contribution in [0.5, 0.6) is 5.75 Å². The third-order valence-corrected chi connectivity index (χ3v) is 6.93. The molecule has 0 spiro atoms. The molecule has 1 saturated heterocycles. The van der Waals surface area contributed by atoms with E-state index in [-0.39, 0.29) is 22.2 Å². The van der Waals surface area contributed by atoms with Crippen molar-refractivity contribution in [1.82, 2.24) is 9.88 Å². The number of benzene rings is 2. The molecule has 2 heterocycles. The fourth-order valence-corrected chi connectivity index (χ4v) is 5.22. The molecule has 1 aromatic heterocycles. The Morgan fingerprint density at radius 2 is 1.86 bits per heavy atom. The highest BCUT2D eigenvalue weighted by atomic mass is 35.5. The lowest BCUT2D eigenvalue weighted by molar-refractivity contribution is 0.239. The van der Waals surface area contributed by atoms with Crippen molar-refractivity contribution in [1.29, 1.82) is 0 Å². The second-order valence-electron chi connectivity index (χ2n) is 6.69. The van der Waals surface area contributed by atoms with Crippen molar-refractivity contribution < 1.29 is 13.2 Å². The highest BCUT2D eigenvalue weighted by Crippen LogP contribution is 2.33. The predicted octanol–water partition coefficient (Wildman–Crippen LogP) is 4.55. The molecule has 1 fully saturated rings. The van der Waals surface area contributed by atoms with E-state index in [0.717, 1.165) is 19.6 Å². The number of halogens is 2. The zero-order chi connectivity index (χ0) is 18.9. The Bertz CT molecular complexity index is 1060. The number of hydrogen-bond acceptors (Lipinski definition) is 4. The molecule has 0 amide bonds. The maximum Gasteiger partial charge on any atom is 0.208 e. The summed E-state index contributed by atoms with van der Waals surface area (Å²) in [4.78, 5) is 5.86. The standard InChI is InChI=1S/C20H21ClN2O3S.ClH/c21-15-5-3-6-16(13-15)27(24,25)19-14-22-20-17(19)7-4-8-18(20)26-12-11-23-9-1-2-10-23;/h3-8,13-14,22H,1-2,9-12H2;1H. The molecule has 3 aromatic rings. The van der Waals surface area contributed by atoms with E-state index in [1.807, 2.05) is 12.1 Å². The van der Waals surface area contributed by atoms with E-state index in [1.165, 1.54) is 25.1 Å². The van der Waals surface area contributed by atoms with Crippen LogP contribution in [0.15, 0.2) is 58.5 Å². The van der Waals surface area contributed by atoms with Gasteiger partial charge in [-0.3, -0.25) is 4.90 Å². The molecule has 1 aliphatic heterocycles. The van der Waals surface area contributed by atoms with Crippen molar-refractivity contribution in [2.75, 3.05) is 26.2 Å². The fraction of sp³-hybridized carbons (Fsp3) is 0.300. The number of H-pyrrole nitrogens is 1. The van der Waals surface area contributed by atoms with Gasteiger partial charge in [0.05, 0.1) is 15.3 Å². The van der Waals surface area contributed by atoms with Gasteiger partial charge in [0, 0.05) is 23.2 Å². The maximum atomic E-state index is 13.0. The molecule has 0 unspecified atom stereocenters. The van der Waals surface area contributed by atoms with Crippen molar-refractivity contribution in [3.63, 3.8) is 0 Å². The summed E-state index contributed by atoms with van der Waals surface area (Å²) in [7, 11) is -3.67. The molecule has 0 aliphatic carbocycles. The summed E-state index contributed by atoms with van der Waals surface area (Å²) < 4.78 is 32.0. The number of ether oxygens (including phenoxy) is 1. The van der Waals surface area contributed by atoms with E-state index in [4.69, 9.17) is 16.3 Å². The van der Waals surface area contributed by atoms with E-state index in [2.05, 4.69) is 9.88 Å². The third-order valence-electron chi connectivity index (χ3n) is 4.90. The van der Waals surface area contributed by atoms with Gasteiger partial charge >= 0.3 is 0 Å². The van der Waals surface area contributed by atoms with Gasteiger partial charge in [-0.25, -0.2) is 8.42 Å².